The fraction of sp³-hybridized carbons (Fsp3) is 0.263. The molecule has 0 spiro atoms. The molecule has 24 heavy (non-hydrogen) atoms. The van der Waals surface area contributed by atoms with Gasteiger partial charge in [0.25, 0.3) is 0 Å². The van der Waals surface area contributed by atoms with E-state index in [-0.39, 0.29) is 5.91 Å². The Morgan fingerprint density at radius 3 is 2.50 bits per heavy atom. The number of ether oxygens (including phenoxy) is 1. The van der Waals surface area contributed by atoms with Crippen LogP contribution in [-0.2, 0) is 11.2 Å². The Hall–Kier alpha value is -2.27. The molecule has 0 bridgehead atoms. The highest BCUT2D eigenvalue weighted by molar-refractivity contribution is 7.99. The maximum Gasteiger partial charge on any atom is 0.250 e. The number of hydrogen-bond acceptors (Lipinski definition) is 4. The molecule has 0 saturated carbocycles. The zero-order valence-electron chi connectivity index (χ0n) is 14.0. The lowest BCUT2D eigenvalue weighted by molar-refractivity contribution is -0.118. The van der Waals surface area contributed by atoms with Gasteiger partial charge in [-0.3, -0.25) is 4.79 Å². The van der Waals surface area contributed by atoms with Crippen molar-refractivity contribution in [1.82, 2.24) is 5.43 Å². The molecule has 0 aliphatic rings. The van der Waals surface area contributed by atoms with E-state index in [4.69, 9.17) is 4.74 Å². The number of nitrogens with zero attached hydrogens (tertiary/aromatic N) is 1. The number of nitrogens with one attached hydrogen (secondary N) is 1. The van der Waals surface area contributed by atoms with Crippen molar-refractivity contribution in [2.75, 3.05) is 18.6 Å². The number of aryl methyl sites for hydroxylation is 1. The minimum atomic E-state index is -0.0825. The largest absolute Gasteiger partial charge is 0.497 e. The number of rotatable bonds is 8. The first-order valence-corrected chi connectivity index (χ1v) is 8.93. The van der Waals surface area contributed by atoms with Gasteiger partial charge in [0, 0.05) is 0 Å². The number of carbonyl (C=O) groups excluding carboxylic acids is 1. The topological polar surface area (TPSA) is 50.7 Å². The van der Waals surface area contributed by atoms with Gasteiger partial charge >= 0.3 is 0 Å². The van der Waals surface area contributed by atoms with E-state index in [2.05, 4.69) is 22.7 Å². The van der Waals surface area contributed by atoms with E-state index in [0.29, 0.717) is 5.75 Å². The maximum absolute atomic E-state index is 11.8. The van der Waals surface area contributed by atoms with Crippen molar-refractivity contribution in [3.05, 3.63) is 65.7 Å². The lowest BCUT2D eigenvalue weighted by atomic mass is 10.1. The first-order chi connectivity index (χ1) is 11.7. The molecule has 0 aliphatic heterocycles. The van der Waals surface area contributed by atoms with Crippen LogP contribution >= 0.6 is 11.8 Å². The van der Waals surface area contributed by atoms with Gasteiger partial charge in [0.1, 0.15) is 5.75 Å². The van der Waals surface area contributed by atoms with Crippen LogP contribution in [0.5, 0.6) is 5.75 Å². The van der Waals surface area contributed by atoms with Gasteiger partial charge in [-0.25, -0.2) is 5.43 Å². The quantitative estimate of drug-likeness (QED) is 0.454. The SMILES string of the molecule is COc1ccc(/C(C)=N\NC(=O)CSCCc2ccccc2)cc1. The van der Waals surface area contributed by atoms with E-state index in [9.17, 15) is 4.79 Å². The first kappa shape index (κ1) is 18.1. The standard InChI is InChI=1S/C19H22N2O2S/c1-15(17-8-10-18(23-2)11-9-17)20-21-19(22)14-24-13-12-16-6-4-3-5-7-16/h3-11H,12-14H2,1-2H3,(H,21,22)/b20-15-. The molecule has 0 aliphatic carbocycles. The molecule has 0 fully saturated rings. The van der Waals surface area contributed by atoms with E-state index in [1.807, 2.05) is 49.4 Å². The second-order valence-electron chi connectivity index (χ2n) is 5.25. The Bertz CT molecular complexity index is 670. The predicted molar refractivity (Wildman–Crippen MR) is 101 cm³/mol. The van der Waals surface area contributed by atoms with Gasteiger partial charge in [0.05, 0.1) is 18.6 Å². The maximum atomic E-state index is 11.8. The van der Waals surface area contributed by atoms with Crippen LogP contribution in [0.3, 0.4) is 0 Å². The van der Waals surface area contributed by atoms with Crippen LogP contribution in [0.15, 0.2) is 59.7 Å². The number of hydrazone groups is 1. The Balaban J connectivity index is 1.71. The van der Waals surface area contributed by atoms with E-state index in [1.54, 1.807) is 18.9 Å². The van der Waals surface area contributed by atoms with Crippen molar-refractivity contribution in [2.24, 2.45) is 5.10 Å². The minimum Gasteiger partial charge on any atom is -0.497 e. The molecular weight excluding hydrogens is 320 g/mol. The molecule has 0 radical (unpaired) electrons. The van der Waals surface area contributed by atoms with Crippen LogP contribution in [-0.4, -0.2) is 30.2 Å². The molecule has 2 aromatic rings. The molecule has 5 heteroatoms. The lowest BCUT2D eigenvalue weighted by Gasteiger charge is -2.05. The Morgan fingerprint density at radius 2 is 1.83 bits per heavy atom. The fourth-order valence-electron chi connectivity index (χ4n) is 2.07. The highest BCUT2D eigenvalue weighted by Gasteiger charge is 2.02. The predicted octanol–water partition coefficient (Wildman–Crippen LogP) is 3.51. The fourth-order valence-corrected chi connectivity index (χ4v) is 2.85. The second-order valence-corrected chi connectivity index (χ2v) is 6.35. The van der Waals surface area contributed by atoms with Gasteiger partial charge in [-0.2, -0.15) is 16.9 Å². The summed E-state index contributed by atoms with van der Waals surface area (Å²) in [5.41, 5.74) is 5.61. The highest BCUT2D eigenvalue weighted by Crippen LogP contribution is 2.12. The zero-order valence-corrected chi connectivity index (χ0v) is 14.8. The van der Waals surface area contributed by atoms with Gasteiger partial charge in [-0.15, -0.1) is 0 Å². The van der Waals surface area contributed by atoms with Gasteiger partial charge in [-0.05, 0) is 54.5 Å². The lowest BCUT2D eigenvalue weighted by Crippen LogP contribution is -2.21. The summed E-state index contributed by atoms with van der Waals surface area (Å²) in [4.78, 5) is 11.8. The summed E-state index contributed by atoms with van der Waals surface area (Å²) >= 11 is 1.61. The third kappa shape index (κ3) is 6.08. The number of methoxy groups -OCH3 is 1. The normalized spacial score (nSPS) is 11.2. The third-order valence-electron chi connectivity index (χ3n) is 3.47. The van der Waals surface area contributed by atoms with Crippen LogP contribution in [0, 0.1) is 0 Å². The van der Waals surface area contributed by atoms with Crippen molar-refractivity contribution in [1.29, 1.82) is 0 Å². The Morgan fingerprint density at radius 1 is 1.12 bits per heavy atom. The van der Waals surface area contributed by atoms with Gasteiger partial charge in [0.15, 0.2) is 0 Å². The summed E-state index contributed by atoms with van der Waals surface area (Å²) in [6.07, 6.45) is 0.965. The van der Waals surface area contributed by atoms with Crippen LogP contribution in [0.25, 0.3) is 0 Å². The van der Waals surface area contributed by atoms with Crippen LogP contribution in [0.4, 0.5) is 0 Å². The number of amides is 1. The Kier molecular flexibility index (Phi) is 7.36. The molecular formula is C19H22N2O2S. The van der Waals surface area contributed by atoms with Crippen molar-refractivity contribution >= 4 is 23.4 Å². The summed E-state index contributed by atoms with van der Waals surface area (Å²) in [6.45, 7) is 1.87. The third-order valence-corrected chi connectivity index (χ3v) is 4.43. The molecule has 0 unspecified atom stereocenters. The summed E-state index contributed by atoms with van der Waals surface area (Å²) in [7, 11) is 1.63. The average molecular weight is 342 g/mol. The molecule has 2 rings (SSSR count). The summed E-state index contributed by atoms with van der Waals surface area (Å²) in [6, 6.07) is 17.8. The number of thioether (sulfide) groups is 1. The van der Waals surface area contributed by atoms with Crippen molar-refractivity contribution in [2.45, 2.75) is 13.3 Å². The molecule has 0 atom stereocenters. The molecule has 0 saturated heterocycles. The molecule has 1 N–H and O–H groups in total. The summed E-state index contributed by atoms with van der Waals surface area (Å²) in [5, 5.41) is 4.15. The van der Waals surface area contributed by atoms with Crippen LogP contribution in [0.1, 0.15) is 18.1 Å². The number of hydrogen-bond donors (Lipinski definition) is 1. The number of benzene rings is 2. The molecule has 4 nitrogen and oxygen atoms in total. The minimum absolute atomic E-state index is 0.0825. The average Bonchev–Trinajstić information content (AvgIpc) is 2.64. The van der Waals surface area contributed by atoms with Gasteiger partial charge in [0.2, 0.25) is 5.91 Å². The van der Waals surface area contributed by atoms with Gasteiger partial charge in [-0.1, -0.05) is 30.3 Å². The van der Waals surface area contributed by atoms with E-state index in [1.165, 1.54) is 5.56 Å². The van der Waals surface area contributed by atoms with Crippen LogP contribution in [0.2, 0.25) is 0 Å². The van der Waals surface area contributed by atoms with Crippen molar-refractivity contribution in [3.63, 3.8) is 0 Å². The number of carbonyl (C=O) groups is 1. The van der Waals surface area contributed by atoms with E-state index >= 15 is 0 Å². The zero-order chi connectivity index (χ0) is 17.2. The second kappa shape index (κ2) is 9.78. The molecule has 0 aromatic heterocycles. The van der Waals surface area contributed by atoms with Crippen LogP contribution < -0.4 is 10.2 Å². The Labute approximate surface area is 147 Å². The first-order valence-electron chi connectivity index (χ1n) is 7.78. The highest BCUT2D eigenvalue weighted by atomic mass is 32.2. The molecule has 0 heterocycles. The molecule has 126 valence electrons. The smallest absolute Gasteiger partial charge is 0.250 e. The van der Waals surface area contributed by atoms with E-state index < -0.39 is 0 Å². The van der Waals surface area contributed by atoms with Crippen molar-refractivity contribution < 1.29 is 9.53 Å². The van der Waals surface area contributed by atoms with E-state index in [0.717, 1.165) is 29.2 Å². The summed E-state index contributed by atoms with van der Waals surface area (Å²) in [5.74, 6) is 2.04. The van der Waals surface area contributed by atoms with Gasteiger partial charge < -0.3 is 4.74 Å². The molecule has 2 aromatic carbocycles. The summed E-state index contributed by atoms with van der Waals surface area (Å²) < 4.78 is 5.12. The van der Waals surface area contributed by atoms with Crippen molar-refractivity contribution in [3.8, 4) is 5.75 Å². The molecule has 1 amide bonds. The monoisotopic (exact) mass is 342 g/mol.